The Hall–Kier alpha value is -2.41. The second-order valence-corrected chi connectivity index (χ2v) is 4.81. The van der Waals surface area contributed by atoms with Crippen molar-refractivity contribution in [3.63, 3.8) is 0 Å². The zero-order chi connectivity index (χ0) is 21.4. The van der Waals surface area contributed by atoms with Crippen molar-refractivity contribution < 1.29 is 57.8 Å². The number of nitrogens with two attached hydrogens (primary N) is 1. The van der Waals surface area contributed by atoms with Crippen LogP contribution in [0.1, 0.15) is 0 Å². The van der Waals surface area contributed by atoms with Gasteiger partial charge in [0.1, 0.15) is 5.75 Å². The quantitative estimate of drug-likeness (QED) is 0.390. The number of rotatable bonds is 6. The van der Waals surface area contributed by atoms with Crippen molar-refractivity contribution in [3.05, 3.63) is 30.0 Å². The minimum atomic E-state index is -7.39. The SMILES string of the molecule is COc1ccc(OC(F)=C(F)C(F)(F)C(F)(F)C(F)(F)C(F)(F)F)c(N)c1. The Morgan fingerprint density at radius 2 is 1.41 bits per heavy atom. The predicted octanol–water partition coefficient (Wildman–Crippen LogP) is 5.23. The molecule has 0 fully saturated rings. The van der Waals surface area contributed by atoms with Crippen LogP contribution in [0.4, 0.5) is 54.0 Å². The van der Waals surface area contributed by atoms with Crippen molar-refractivity contribution in [2.24, 2.45) is 0 Å². The third-order valence-corrected chi connectivity index (χ3v) is 3.01. The van der Waals surface area contributed by atoms with Crippen LogP contribution >= 0.6 is 0 Å². The minimum absolute atomic E-state index is 0.0198. The summed E-state index contributed by atoms with van der Waals surface area (Å²) >= 11 is 0. The molecule has 0 unspecified atom stereocenters. The molecule has 0 atom stereocenters. The fourth-order valence-corrected chi connectivity index (χ4v) is 1.52. The van der Waals surface area contributed by atoms with Gasteiger partial charge in [-0.15, -0.1) is 0 Å². The first kappa shape index (κ1) is 22.6. The topological polar surface area (TPSA) is 44.5 Å². The second kappa shape index (κ2) is 6.96. The molecule has 0 aliphatic rings. The van der Waals surface area contributed by atoms with Gasteiger partial charge in [-0.1, -0.05) is 0 Å². The standard InChI is InChI=1S/C13H8F11NO2/c1-26-5-2-3-7(6(25)4-5)27-9(15)8(14)10(16,17)11(18,19)12(20,21)13(22,23)24/h2-4H,25H2,1H3. The summed E-state index contributed by atoms with van der Waals surface area (Å²) in [5.41, 5.74) is 4.66. The van der Waals surface area contributed by atoms with Gasteiger partial charge in [0, 0.05) is 6.07 Å². The maximum Gasteiger partial charge on any atom is 0.460 e. The molecular weight excluding hydrogens is 411 g/mol. The van der Waals surface area contributed by atoms with Gasteiger partial charge in [-0.3, -0.25) is 0 Å². The van der Waals surface area contributed by atoms with Gasteiger partial charge in [-0.25, -0.2) is 0 Å². The van der Waals surface area contributed by atoms with Crippen LogP contribution in [0.2, 0.25) is 0 Å². The normalized spacial score (nSPS) is 14.7. The van der Waals surface area contributed by atoms with Gasteiger partial charge in [0.15, 0.2) is 5.75 Å². The smallest absolute Gasteiger partial charge is 0.460 e. The zero-order valence-corrected chi connectivity index (χ0v) is 12.8. The molecule has 0 amide bonds. The average molecular weight is 419 g/mol. The van der Waals surface area contributed by atoms with E-state index in [0.717, 1.165) is 19.2 Å². The van der Waals surface area contributed by atoms with E-state index in [1.54, 1.807) is 0 Å². The number of benzene rings is 1. The van der Waals surface area contributed by atoms with Crippen LogP contribution in [-0.2, 0) is 0 Å². The summed E-state index contributed by atoms with van der Waals surface area (Å²) in [4.78, 5) is 0. The van der Waals surface area contributed by atoms with Crippen LogP contribution in [0.25, 0.3) is 0 Å². The average Bonchev–Trinajstić information content (AvgIpc) is 2.54. The Morgan fingerprint density at radius 1 is 0.889 bits per heavy atom. The lowest BCUT2D eigenvalue weighted by Gasteiger charge is -2.32. The summed E-state index contributed by atoms with van der Waals surface area (Å²) in [6.45, 7) is 0. The fourth-order valence-electron chi connectivity index (χ4n) is 1.52. The highest BCUT2D eigenvalue weighted by Gasteiger charge is 2.83. The lowest BCUT2D eigenvalue weighted by molar-refractivity contribution is -0.392. The molecular formula is C13H8F11NO2. The predicted molar refractivity (Wildman–Crippen MR) is 68.2 cm³/mol. The van der Waals surface area contributed by atoms with Gasteiger partial charge in [-0.2, -0.15) is 48.3 Å². The Labute approximate surface area is 143 Å². The summed E-state index contributed by atoms with van der Waals surface area (Å²) < 4.78 is 149. The number of hydrogen-bond acceptors (Lipinski definition) is 3. The molecule has 0 aromatic heterocycles. The Balaban J connectivity index is 3.32. The largest absolute Gasteiger partial charge is 0.497 e. The molecule has 0 saturated heterocycles. The van der Waals surface area contributed by atoms with Crippen LogP contribution in [0.15, 0.2) is 30.0 Å². The molecule has 0 aliphatic carbocycles. The monoisotopic (exact) mass is 419 g/mol. The van der Waals surface area contributed by atoms with E-state index in [1.165, 1.54) is 0 Å². The maximum absolute atomic E-state index is 13.4. The molecule has 0 saturated carbocycles. The van der Waals surface area contributed by atoms with E-state index in [0.29, 0.717) is 6.07 Å². The van der Waals surface area contributed by atoms with Crippen LogP contribution in [0.3, 0.4) is 0 Å². The highest BCUT2D eigenvalue weighted by atomic mass is 19.4. The maximum atomic E-state index is 13.4. The van der Waals surface area contributed by atoms with E-state index in [4.69, 9.17) is 5.73 Å². The van der Waals surface area contributed by atoms with Crippen LogP contribution < -0.4 is 15.2 Å². The zero-order valence-electron chi connectivity index (χ0n) is 12.8. The van der Waals surface area contributed by atoms with Crippen LogP contribution in [0, 0.1) is 0 Å². The molecule has 3 nitrogen and oxygen atoms in total. The Bertz CT molecular complexity index is 727. The van der Waals surface area contributed by atoms with Crippen molar-refractivity contribution >= 4 is 5.69 Å². The third-order valence-electron chi connectivity index (χ3n) is 3.01. The molecule has 0 bridgehead atoms. The molecule has 0 heterocycles. The molecule has 1 aromatic rings. The number of alkyl halides is 9. The Morgan fingerprint density at radius 3 is 1.81 bits per heavy atom. The number of halogens is 11. The molecule has 2 N–H and O–H groups in total. The first-order valence-electron chi connectivity index (χ1n) is 6.38. The number of nitrogen functional groups attached to an aromatic ring is 1. The van der Waals surface area contributed by atoms with Crippen molar-refractivity contribution in [3.8, 4) is 11.5 Å². The summed E-state index contributed by atoms with van der Waals surface area (Å²) in [5, 5.41) is 0. The van der Waals surface area contributed by atoms with E-state index < -0.39 is 47.2 Å². The lowest BCUT2D eigenvalue weighted by Crippen LogP contribution is -2.61. The summed E-state index contributed by atoms with van der Waals surface area (Å²) in [6.07, 6.45) is -7.18. The highest BCUT2D eigenvalue weighted by molar-refractivity contribution is 5.56. The van der Waals surface area contributed by atoms with E-state index in [-0.39, 0.29) is 5.75 Å². The first-order valence-corrected chi connectivity index (χ1v) is 6.38. The molecule has 27 heavy (non-hydrogen) atoms. The number of allylic oxidation sites excluding steroid dienone is 1. The van der Waals surface area contributed by atoms with Gasteiger partial charge >= 0.3 is 30.0 Å². The number of hydrogen-bond donors (Lipinski definition) is 1. The summed E-state index contributed by atoms with van der Waals surface area (Å²) in [6, 6.07) is -0.636. The lowest BCUT2D eigenvalue weighted by atomic mass is 10.0. The van der Waals surface area contributed by atoms with Crippen molar-refractivity contribution in [2.75, 3.05) is 12.8 Å². The van der Waals surface area contributed by atoms with Gasteiger partial charge in [0.05, 0.1) is 12.8 Å². The molecule has 1 rings (SSSR count). The number of anilines is 1. The molecule has 0 radical (unpaired) electrons. The molecule has 0 spiro atoms. The van der Waals surface area contributed by atoms with Crippen molar-refractivity contribution in [1.82, 2.24) is 0 Å². The van der Waals surface area contributed by atoms with E-state index >= 15 is 0 Å². The number of methoxy groups -OCH3 is 1. The third kappa shape index (κ3) is 3.83. The van der Waals surface area contributed by atoms with Gasteiger partial charge in [0.2, 0.25) is 5.83 Å². The number of ether oxygens (including phenoxy) is 2. The van der Waals surface area contributed by atoms with E-state index in [2.05, 4.69) is 9.47 Å². The Kier molecular flexibility index (Phi) is 5.83. The second-order valence-electron chi connectivity index (χ2n) is 4.81. The molecule has 154 valence electrons. The van der Waals surface area contributed by atoms with Crippen LogP contribution in [-0.4, -0.2) is 31.1 Å². The van der Waals surface area contributed by atoms with Crippen LogP contribution in [0.5, 0.6) is 11.5 Å². The fraction of sp³-hybridized carbons (Fsp3) is 0.385. The van der Waals surface area contributed by atoms with Gasteiger partial charge < -0.3 is 15.2 Å². The van der Waals surface area contributed by atoms with Crippen molar-refractivity contribution in [2.45, 2.75) is 23.9 Å². The van der Waals surface area contributed by atoms with Crippen molar-refractivity contribution in [1.29, 1.82) is 0 Å². The van der Waals surface area contributed by atoms with Gasteiger partial charge in [0.25, 0.3) is 0 Å². The molecule has 0 aliphatic heterocycles. The highest BCUT2D eigenvalue weighted by Crippen LogP contribution is 2.55. The summed E-state index contributed by atoms with van der Waals surface area (Å²) in [5.74, 6) is -26.6. The summed E-state index contributed by atoms with van der Waals surface area (Å²) in [7, 11) is 1.15. The molecule has 14 heteroatoms. The minimum Gasteiger partial charge on any atom is -0.497 e. The van der Waals surface area contributed by atoms with E-state index in [1.807, 2.05) is 0 Å². The van der Waals surface area contributed by atoms with E-state index in [9.17, 15) is 48.3 Å². The molecule has 1 aromatic carbocycles. The van der Waals surface area contributed by atoms with Gasteiger partial charge in [-0.05, 0) is 12.1 Å². The first-order chi connectivity index (χ1) is 12.0.